The van der Waals surface area contributed by atoms with Crippen LogP contribution in [0, 0.1) is 0 Å². The van der Waals surface area contributed by atoms with Gasteiger partial charge in [-0.3, -0.25) is 9.59 Å². The molecule has 0 aliphatic rings. The lowest BCUT2D eigenvalue weighted by Gasteiger charge is -2.29. The predicted octanol–water partition coefficient (Wildman–Crippen LogP) is 2.30. The van der Waals surface area contributed by atoms with Gasteiger partial charge >= 0.3 is 0 Å². The summed E-state index contributed by atoms with van der Waals surface area (Å²) in [4.78, 5) is 25.9. The van der Waals surface area contributed by atoms with E-state index in [1.807, 2.05) is 42.5 Å². The highest BCUT2D eigenvalue weighted by Gasteiger charge is 2.32. The molecule has 2 aromatic carbocycles. The first kappa shape index (κ1) is 20.7. The van der Waals surface area contributed by atoms with Crippen LogP contribution in [0.15, 0.2) is 54.6 Å². The largest absolute Gasteiger partial charge is 0.355 e. The van der Waals surface area contributed by atoms with Crippen molar-refractivity contribution >= 4 is 24.2 Å². The lowest BCUT2D eigenvalue weighted by molar-refractivity contribution is -0.136. The smallest absolute Gasteiger partial charge is 0.251 e. The van der Waals surface area contributed by atoms with Gasteiger partial charge < -0.3 is 16.0 Å². The minimum atomic E-state index is -1.09. The van der Waals surface area contributed by atoms with Crippen molar-refractivity contribution in [3.05, 3.63) is 71.3 Å². The Morgan fingerprint density at radius 1 is 1.08 bits per heavy atom. The van der Waals surface area contributed by atoms with Crippen LogP contribution in [-0.2, 0) is 16.9 Å². The Morgan fingerprint density at radius 3 is 2.16 bits per heavy atom. The Morgan fingerprint density at radius 2 is 1.64 bits per heavy atom. The minimum absolute atomic E-state index is 0. The zero-order chi connectivity index (χ0) is 17.7. The summed E-state index contributed by atoms with van der Waals surface area (Å²) in [5.74, 6) is -0.298. The van der Waals surface area contributed by atoms with Crippen LogP contribution in [-0.4, -0.2) is 30.8 Å². The Balaban J connectivity index is 0.00000312. The number of nitrogens with two attached hydrogens (primary N) is 1. The van der Waals surface area contributed by atoms with Crippen molar-refractivity contribution in [2.45, 2.75) is 19.0 Å². The van der Waals surface area contributed by atoms with Crippen molar-refractivity contribution in [3.63, 3.8) is 0 Å². The van der Waals surface area contributed by atoms with Crippen molar-refractivity contribution in [1.82, 2.24) is 10.2 Å². The van der Waals surface area contributed by atoms with E-state index >= 15 is 0 Å². The van der Waals surface area contributed by atoms with Crippen LogP contribution in [0.4, 0.5) is 0 Å². The molecule has 0 aliphatic heterocycles. The summed E-state index contributed by atoms with van der Waals surface area (Å²) in [5, 5.41) is 2.58. The van der Waals surface area contributed by atoms with Crippen LogP contribution >= 0.6 is 12.4 Å². The molecule has 2 rings (SSSR count). The first-order valence-corrected chi connectivity index (χ1v) is 7.77. The van der Waals surface area contributed by atoms with Crippen LogP contribution in [0.3, 0.4) is 0 Å². The van der Waals surface area contributed by atoms with Gasteiger partial charge in [0.25, 0.3) is 5.91 Å². The Hall–Kier alpha value is -2.37. The third kappa shape index (κ3) is 4.81. The number of nitrogens with one attached hydrogen (secondary N) is 1. The van der Waals surface area contributed by atoms with Gasteiger partial charge in [0.05, 0.1) is 0 Å². The summed E-state index contributed by atoms with van der Waals surface area (Å²) < 4.78 is 0. The topological polar surface area (TPSA) is 75.4 Å². The van der Waals surface area contributed by atoms with Gasteiger partial charge in [0.15, 0.2) is 0 Å². The summed E-state index contributed by atoms with van der Waals surface area (Å²) >= 11 is 0. The fourth-order valence-corrected chi connectivity index (χ4v) is 2.56. The maximum absolute atomic E-state index is 12.7. The number of carbonyl (C=O) groups excluding carboxylic acids is 2. The third-order valence-electron chi connectivity index (χ3n) is 4.03. The van der Waals surface area contributed by atoms with E-state index < -0.39 is 5.54 Å². The second-order valence-corrected chi connectivity index (χ2v) is 6.01. The van der Waals surface area contributed by atoms with Crippen LogP contribution in [0.5, 0.6) is 0 Å². The van der Waals surface area contributed by atoms with E-state index in [1.165, 1.54) is 0 Å². The molecule has 0 saturated heterocycles. The van der Waals surface area contributed by atoms with E-state index in [0.29, 0.717) is 12.1 Å². The standard InChI is InChI=1S/C19H23N3O2.ClH/c1-19(20,16-7-5-4-6-8-16)18(24)22(3)13-14-9-11-15(12-10-14)17(23)21-2;/h4-12H,13,20H2,1-3H3,(H,21,23);1H. The molecule has 3 N–H and O–H groups in total. The number of amides is 2. The molecular weight excluding hydrogens is 338 g/mol. The summed E-state index contributed by atoms with van der Waals surface area (Å²) in [5.41, 5.74) is 7.48. The van der Waals surface area contributed by atoms with E-state index in [2.05, 4.69) is 5.32 Å². The molecule has 5 nitrogen and oxygen atoms in total. The SMILES string of the molecule is CNC(=O)c1ccc(CN(C)C(=O)C(C)(N)c2ccccc2)cc1.Cl. The number of benzene rings is 2. The molecule has 0 aliphatic carbocycles. The molecular formula is C19H24ClN3O2. The highest BCUT2D eigenvalue weighted by atomic mass is 35.5. The van der Waals surface area contributed by atoms with Crippen molar-refractivity contribution in [3.8, 4) is 0 Å². The fraction of sp³-hybridized carbons (Fsp3) is 0.263. The average Bonchev–Trinajstić information content (AvgIpc) is 2.61. The highest BCUT2D eigenvalue weighted by molar-refractivity contribution is 5.94. The van der Waals surface area contributed by atoms with E-state index in [-0.39, 0.29) is 24.2 Å². The Kier molecular flexibility index (Phi) is 7.15. The molecule has 0 saturated carbocycles. The van der Waals surface area contributed by atoms with Gasteiger partial charge in [-0.05, 0) is 30.2 Å². The van der Waals surface area contributed by atoms with Crippen LogP contribution in [0.25, 0.3) is 0 Å². The quantitative estimate of drug-likeness (QED) is 0.858. The lowest BCUT2D eigenvalue weighted by Crippen LogP contribution is -2.49. The van der Waals surface area contributed by atoms with Gasteiger partial charge in [-0.2, -0.15) is 0 Å². The van der Waals surface area contributed by atoms with Gasteiger partial charge in [-0.1, -0.05) is 42.5 Å². The molecule has 0 radical (unpaired) electrons. The second-order valence-electron chi connectivity index (χ2n) is 6.01. The van der Waals surface area contributed by atoms with E-state index in [9.17, 15) is 9.59 Å². The van der Waals surface area contributed by atoms with E-state index in [4.69, 9.17) is 5.73 Å². The summed E-state index contributed by atoms with van der Waals surface area (Å²) in [6.07, 6.45) is 0. The van der Waals surface area contributed by atoms with Crippen molar-refractivity contribution in [2.24, 2.45) is 5.73 Å². The van der Waals surface area contributed by atoms with E-state index in [1.54, 1.807) is 38.1 Å². The summed E-state index contributed by atoms with van der Waals surface area (Å²) in [7, 11) is 3.32. The summed E-state index contributed by atoms with van der Waals surface area (Å²) in [6.45, 7) is 2.14. The number of carbonyl (C=O) groups is 2. The van der Waals surface area contributed by atoms with Crippen LogP contribution in [0.1, 0.15) is 28.4 Å². The van der Waals surface area contributed by atoms with Crippen LogP contribution in [0.2, 0.25) is 0 Å². The fourth-order valence-electron chi connectivity index (χ4n) is 2.56. The lowest BCUT2D eigenvalue weighted by atomic mass is 9.91. The van der Waals surface area contributed by atoms with Gasteiger partial charge in [0.1, 0.15) is 5.54 Å². The molecule has 0 heterocycles. The van der Waals surface area contributed by atoms with E-state index in [0.717, 1.165) is 11.1 Å². The molecule has 2 amide bonds. The van der Waals surface area contributed by atoms with Crippen molar-refractivity contribution in [2.75, 3.05) is 14.1 Å². The van der Waals surface area contributed by atoms with Crippen molar-refractivity contribution < 1.29 is 9.59 Å². The first-order chi connectivity index (χ1) is 11.4. The van der Waals surface area contributed by atoms with Crippen molar-refractivity contribution in [1.29, 1.82) is 0 Å². The molecule has 2 aromatic rings. The zero-order valence-electron chi connectivity index (χ0n) is 14.7. The minimum Gasteiger partial charge on any atom is -0.355 e. The molecule has 0 spiro atoms. The van der Waals surface area contributed by atoms with Gasteiger partial charge in [0, 0.05) is 26.2 Å². The summed E-state index contributed by atoms with van der Waals surface area (Å²) in [6, 6.07) is 16.5. The molecule has 0 fully saturated rings. The molecule has 0 bridgehead atoms. The Bertz CT molecular complexity index is 715. The normalized spacial score (nSPS) is 12.5. The second kappa shape index (κ2) is 8.65. The number of nitrogens with zero attached hydrogens (tertiary/aromatic N) is 1. The van der Waals surface area contributed by atoms with Gasteiger partial charge in [0.2, 0.25) is 5.91 Å². The number of rotatable bonds is 5. The molecule has 1 atom stereocenters. The molecule has 6 heteroatoms. The molecule has 25 heavy (non-hydrogen) atoms. The third-order valence-corrected chi connectivity index (χ3v) is 4.03. The number of halogens is 1. The van der Waals surface area contributed by atoms with Gasteiger partial charge in [-0.25, -0.2) is 0 Å². The zero-order valence-corrected chi connectivity index (χ0v) is 15.5. The molecule has 134 valence electrons. The predicted molar refractivity (Wildman–Crippen MR) is 102 cm³/mol. The maximum atomic E-state index is 12.7. The molecule has 0 aromatic heterocycles. The maximum Gasteiger partial charge on any atom is 0.251 e. The Labute approximate surface area is 154 Å². The highest BCUT2D eigenvalue weighted by Crippen LogP contribution is 2.20. The first-order valence-electron chi connectivity index (χ1n) is 7.77. The molecule has 1 unspecified atom stereocenters. The number of hydrogen-bond donors (Lipinski definition) is 2. The average molecular weight is 362 g/mol. The monoisotopic (exact) mass is 361 g/mol. The van der Waals surface area contributed by atoms with Crippen LogP contribution < -0.4 is 11.1 Å². The van der Waals surface area contributed by atoms with Gasteiger partial charge in [-0.15, -0.1) is 12.4 Å². The number of likely N-dealkylation sites (N-methyl/N-ethyl adjacent to an activating group) is 1. The number of hydrogen-bond acceptors (Lipinski definition) is 3.